The van der Waals surface area contributed by atoms with E-state index in [1.165, 1.54) is 11.8 Å². The molecule has 9 heteroatoms. The second kappa shape index (κ2) is 7.28. The highest BCUT2D eigenvalue weighted by Crippen LogP contribution is 2.30. The maximum absolute atomic E-state index is 12.5. The Bertz CT molecular complexity index is 657. The Kier molecular flexibility index (Phi) is 5.45. The number of sulfone groups is 1. The van der Waals surface area contributed by atoms with Crippen molar-refractivity contribution < 1.29 is 22.7 Å². The Morgan fingerprint density at radius 2 is 1.96 bits per heavy atom. The topological polar surface area (TPSA) is 84.0 Å². The number of amides is 2. The Labute approximate surface area is 152 Å². The van der Waals surface area contributed by atoms with Crippen molar-refractivity contribution in [1.29, 1.82) is 0 Å². The lowest BCUT2D eigenvalue weighted by Gasteiger charge is -2.53. The summed E-state index contributed by atoms with van der Waals surface area (Å²) in [6, 6.07) is 0. The third-order valence-corrected chi connectivity index (χ3v) is 8.13. The van der Waals surface area contributed by atoms with Crippen LogP contribution in [0.2, 0.25) is 0 Å². The van der Waals surface area contributed by atoms with Gasteiger partial charge in [-0.15, -0.1) is 18.3 Å². The fourth-order valence-electron chi connectivity index (χ4n) is 3.50. The molecule has 0 saturated carbocycles. The summed E-state index contributed by atoms with van der Waals surface area (Å²) in [6.45, 7) is 6.10. The molecule has 3 fully saturated rings. The van der Waals surface area contributed by atoms with Gasteiger partial charge in [0.2, 0.25) is 11.8 Å². The van der Waals surface area contributed by atoms with Crippen LogP contribution in [0.1, 0.15) is 12.8 Å². The number of carbonyl (C=O) groups excluding carboxylic acids is 2. The van der Waals surface area contributed by atoms with Crippen LogP contribution in [0.15, 0.2) is 12.7 Å². The average molecular weight is 389 g/mol. The summed E-state index contributed by atoms with van der Waals surface area (Å²) in [5, 5.41) is 0.0275. The molecule has 1 spiro atoms. The maximum atomic E-state index is 12.5. The first-order valence-electron chi connectivity index (χ1n) is 8.45. The number of likely N-dealkylation sites (tertiary alicyclic amines) is 1. The molecular formula is C16H24N2O5S2. The number of thioether (sulfide) groups is 1. The van der Waals surface area contributed by atoms with Gasteiger partial charge in [-0.1, -0.05) is 6.08 Å². The van der Waals surface area contributed by atoms with E-state index < -0.39 is 15.4 Å². The number of morpholine rings is 1. The van der Waals surface area contributed by atoms with E-state index in [0.717, 1.165) is 0 Å². The Balaban J connectivity index is 1.46. The molecule has 0 radical (unpaired) electrons. The molecule has 3 saturated heterocycles. The van der Waals surface area contributed by atoms with Gasteiger partial charge in [-0.2, -0.15) is 0 Å². The number of hydrogen-bond donors (Lipinski definition) is 0. The molecule has 0 aromatic rings. The van der Waals surface area contributed by atoms with Gasteiger partial charge in [0.15, 0.2) is 9.84 Å². The Morgan fingerprint density at radius 3 is 2.60 bits per heavy atom. The van der Waals surface area contributed by atoms with Crippen LogP contribution in [0.3, 0.4) is 0 Å². The zero-order chi connectivity index (χ0) is 18.1. The first-order valence-corrected chi connectivity index (χ1v) is 11.3. The van der Waals surface area contributed by atoms with E-state index in [2.05, 4.69) is 6.58 Å². The van der Waals surface area contributed by atoms with Gasteiger partial charge in [0, 0.05) is 18.2 Å². The van der Waals surface area contributed by atoms with Crippen molar-refractivity contribution in [1.82, 2.24) is 9.80 Å². The summed E-state index contributed by atoms with van der Waals surface area (Å²) in [4.78, 5) is 27.8. The fraction of sp³-hybridized carbons (Fsp3) is 0.750. The Morgan fingerprint density at radius 1 is 1.24 bits per heavy atom. The van der Waals surface area contributed by atoms with Gasteiger partial charge in [-0.25, -0.2) is 8.42 Å². The van der Waals surface area contributed by atoms with Crippen LogP contribution in [0.4, 0.5) is 0 Å². The Hall–Kier alpha value is -1.06. The van der Waals surface area contributed by atoms with E-state index in [1.54, 1.807) is 15.9 Å². The number of rotatable bonds is 5. The summed E-state index contributed by atoms with van der Waals surface area (Å²) in [7, 11) is -2.91. The number of carbonyl (C=O) groups is 2. The van der Waals surface area contributed by atoms with Crippen molar-refractivity contribution in [2.24, 2.45) is 0 Å². The van der Waals surface area contributed by atoms with Crippen LogP contribution < -0.4 is 0 Å². The van der Waals surface area contributed by atoms with Crippen molar-refractivity contribution in [3.8, 4) is 0 Å². The van der Waals surface area contributed by atoms with Gasteiger partial charge in [-0.3, -0.25) is 9.59 Å². The molecule has 0 aliphatic carbocycles. The van der Waals surface area contributed by atoms with Crippen LogP contribution >= 0.6 is 11.8 Å². The standard InChI is InChI=1S/C16H24N2O5S2/c1-2-3-14(19)18-11-16(12-18)10-17(5-6-23-16)15(20)8-24-13-4-7-25(21,22)9-13/h2,13H,1,3-12H2. The minimum absolute atomic E-state index is 0.0211. The molecule has 3 aliphatic heterocycles. The second-order valence-corrected chi connectivity index (χ2v) is 10.4. The van der Waals surface area contributed by atoms with Gasteiger partial charge in [0.25, 0.3) is 0 Å². The van der Waals surface area contributed by atoms with E-state index in [1.807, 2.05) is 0 Å². The van der Waals surface area contributed by atoms with Gasteiger partial charge in [-0.05, 0) is 6.42 Å². The minimum Gasteiger partial charge on any atom is -0.368 e. The van der Waals surface area contributed by atoms with Crippen LogP contribution in [-0.4, -0.2) is 90.9 Å². The van der Waals surface area contributed by atoms with Crippen LogP contribution in [0.25, 0.3) is 0 Å². The monoisotopic (exact) mass is 388 g/mol. The fourth-order valence-corrected chi connectivity index (χ4v) is 7.05. The lowest BCUT2D eigenvalue weighted by atomic mass is 9.91. The van der Waals surface area contributed by atoms with Gasteiger partial charge < -0.3 is 14.5 Å². The van der Waals surface area contributed by atoms with Crippen LogP contribution in [0.5, 0.6) is 0 Å². The smallest absolute Gasteiger partial charge is 0.232 e. The lowest BCUT2D eigenvalue weighted by molar-refractivity contribution is -0.193. The first-order chi connectivity index (χ1) is 11.8. The molecule has 1 atom stereocenters. The molecule has 3 aliphatic rings. The van der Waals surface area contributed by atoms with E-state index in [9.17, 15) is 18.0 Å². The van der Waals surface area contributed by atoms with Crippen molar-refractivity contribution in [2.45, 2.75) is 23.7 Å². The highest BCUT2D eigenvalue weighted by Gasteiger charge is 2.49. The summed E-state index contributed by atoms with van der Waals surface area (Å²) in [5.41, 5.74) is -0.438. The molecule has 3 heterocycles. The molecule has 2 amide bonds. The lowest BCUT2D eigenvalue weighted by Crippen LogP contribution is -2.71. The van der Waals surface area contributed by atoms with Crippen molar-refractivity contribution in [3.63, 3.8) is 0 Å². The first kappa shape index (κ1) is 18.7. The molecular weight excluding hydrogens is 364 g/mol. The summed E-state index contributed by atoms with van der Waals surface area (Å²) >= 11 is 1.44. The molecule has 7 nitrogen and oxygen atoms in total. The quantitative estimate of drug-likeness (QED) is 0.613. The van der Waals surface area contributed by atoms with Gasteiger partial charge >= 0.3 is 0 Å². The minimum atomic E-state index is -2.91. The number of nitrogens with zero attached hydrogens (tertiary/aromatic N) is 2. The van der Waals surface area contributed by atoms with Gasteiger partial charge in [0.1, 0.15) is 5.60 Å². The van der Waals surface area contributed by atoms with Crippen LogP contribution in [-0.2, 0) is 24.2 Å². The summed E-state index contributed by atoms with van der Waals surface area (Å²) in [6.07, 6.45) is 2.54. The highest BCUT2D eigenvalue weighted by molar-refractivity contribution is 8.02. The van der Waals surface area contributed by atoms with Crippen molar-refractivity contribution in [3.05, 3.63) is 12.7 Å². The number of hydrogen-bond acceptors (Lipinski definition) is 6. The predicted octanol–water partition coefficient (Wildman–Crippen LogP) is -0.0774. The second-order valence-electron chi connectivity index (χ2n) is 6.93. The van der Waals surface area contributed by atoms with E-state index >= 15 is 0 Å². The van der Waals surface area contributed by atoms with Crippen LogP contribution in [0, 0.1) is 0 Å². The zero-order valence-corrected chi connectivity index (χ0v) is 15.8. The molecule has 0 aromatic carbocycles. The summed E-state index contributed by atoms with van der Waals surface area (Å²) in [5.74, 6) is 0.764. The molecule has 0 N–H and O–H groups in total. The maximum Gasteiger partial charge on any atom is 0.232 e. The largest absolute Gasteiger partial charge is 0.368 e. The zero-order valence-electron chi connectivity index (χ0n) is 14.2. The third kappa shape index (κ3) is 4.38. The highest BCUT2D eigenvalue weighted by atomic mass is 32.2. The normalized spacial score (nSPS) is 27.1. The third-order valence-electron chi connectivity index (χ3n) is 4.86. The molecule has 0 bridgehead atoms. The molecule has 0 aromatic heterocycles. The number of ether oxygens (including phenoxy) is 1. The SMILES string of the molecule is C=CCC(=O)N1CC2(CN(C(=O)CSC3CCS(=O)(=O)C3)CCO2)C1. The van der Waals surface area contributed by atoms with E-state index in [4.69, 9.17) is 4.74 Å². The molecule has 140 valence electrons. The van der Waals surface area contributed by atoms with E-state index in [-0.39, 0.29) is 28.6 Å². The summed E-state index contributed by atoms with van der Waals surface area (Å²) < 4.78 is 28.8. The predicted molar refractivity (Wildman–Crippen MR) is 96.2 cm³/mol. The molecule has 1 unspecified atom stereocenters. The molecule has 3 rings (SSSR count). The van der Waals surface area contributed by atoms with Crippen molar-refractivity contribution >= 4 is 33.4 Å². The van der Waals surface area contributed by atoms with Gasteiger partial charge in [0.05, 0.1) is 43.5 Å². The van der Waals surface area contributed by atoms with Crippen molar-refractivity contribution in [2.75, 3.05) is 50.0 Å². The average Bonchev–Trinajstić information content (AvgIpc) is 2.89. The van der Waals surface area contributed by atoms with E-state index in [0.29, 0.717) is 51.4 Å². The molecule has 25 heavy (non-hydrogen) atoms.